The molecule has 0 aliphatic carbocycles. The minimum atomic E-state index is 0.571. The van der Waals surface area contributed by atoms with Crippen LogP contribution in [0.1, 0.15) is 0 Å². The molecule has 0 N–H and O–H groups in total. The van der Waals surface area contributed by atoms with Crippen LogP contribution in [0.5, 0.6) is 0 Å². The number of fused-ring (bicyclic) bond motifs is 6. The summed E-state index contributed by atoms with van der Waals surface area (Å²) in [6.07, 6.45) is 0. The molecule has 0 atom stereocenters. The van der Waals surface area contributed by atoms with Gasteiger partial charge in [-0.15, -0.1) is 0 Å². The van der Waals surface area contributed by atoms with Gasteiger partial charge in [-0.05, 0) is 58.7 Å². The molecule has 56 heavy (non-hydrogen) atoms. The molecule has 0 saturated heterocycles. The molecule has 5 nitrogen and oxygen atoms in total. The molecule has 0 spiro atoms. The Hall–Kier alpha value is -7.63. The van der Waals surface area contributed by atoms with Crippen molar-refractivity contribution in [2.24, 2.45) is 0 Å². The van der Waals surface area contributed by atoms with E-state index in [1.54, 1.807) is 0 Å². The Balaban J connectivity index is 1.15. The largest absolute Gasteiger partial charge is 0.309 e. The van der Waals surface area contributed by atoms with Gasteiger partial charge in [0.15, 0.2) is 11.6 Å². The van der Waals surface area contributed by atoms with Crippen LogP contribution < -0.4 is 0 Å². The molecular formula is C51H33N5. The minimum absolute atomic E-state index is 0.571. The Morgan fingerprint density at radius 3 is 1.21 bits per heavy atom. The van der Waals surface area contributed by atoms with Crippen molar-refractivity contribution in [2.45, 2.75) is 0 Å². The van der Waals surface area contributed by atoms with Crippen LogP contribution in [-0.4, -0.2) is 24.1 Å². The fraction of sp³-hybridized carbons (Fsp3) is 0. The van der Waals surface area contributed by atoms with Crippen molar-refractivity contribution < 1.29 is 0 Å². The van der Waals surface area contributed by atoms with Crippen molar-refractivity contribution in [3.63, 3.8) is 0 Å². The van der Waals surface area contributed by atoms with Crippen LogP contribution in [0.15, 0.2) is 200 Å². The van der Waals surface area contributed by atoms with Gasteiger partial charge in [-0.3, -0.25) is 4.57 Å². The number of hydrogen-bond donors (Lipinski definition) is 0. The lowest BCUT2D eigenvalue weighted by Crippen LogP contribution is -2.06. The van der Waals surface area contributed by atoms with Crippen molar-refractivity contribution in [1.29, 1.82) is 0 Å². The first kappa shape index (κ1) is 31.9. The van der Waals surface area contributed by atoms with E-state index in [1.165, 1.54) is 27.5 Å². The molecule has 0 aliphatic heterocycles. The number of hydrogen-bond acceptors (Lipinski definition) is 3. The van der Waals surface area contributed by atoms with Crippen molar-refractivity contribution in [2.75, 3.05) is 0 Å². The SMILES string of the molecule is c1ccc(-c2ccc(-c3nc(-c4ccccc4)nc(-n4c5ccccc5c5cc6c7ccccc7n(-c7ccc(-c8ccccc8)cc7)c6cc54)n3)cc2)cc1. The Labute approximate surface area is 323 Å². The van der Waals surface area contributed by atoms with Crippen molar-refractivity contribution in [3.05, 3.63) is 200 Å². The van der Waals surface area contributed by atoms with Gasteiger partial charge >= 0.3 is 0 Å². The number of nitrogens with zero attached hydrogens (tertiary/aromatic N) is 5. The molecule has 0 bridgehead atoms. The Bertz CT molecular complexity index is 3200. The van der Waals surface area contributed by atoms with E-state index in [0.717, 1.165) is 55.2 Å². The maximum atomic E-state index is 5.25. The van der Waals surface area contributed by atoms with Gasteiger partial charge in [-0.1, -0.05) is 164 Å². The molecule has 11 rings (SSSR count). The summed E-state index contributed by atoms with van der Waals surface area (Å²) in [5.74, 6) is 1.81. The van der Waals surface area contributed by atoms with E-state index in [0.29, 0.717) is 17.6 Å². The second-order valence-electron chi connectivity index (χ2n) is 14.1. The quantitative estimate of drug-likeness (QED) is 0.172. The summed E-state index contributed by atoms with van der Waals surface area (Å²) in [7, 11) is 0. The third-order valence-corrected chi connectivity index (χ3v) is 10.8. The second-order valence-corrected chi connectivity index (χ2v) is 14.1. The highest BCUT2D eigenvalue weighted by molar-refractivity contribution is 6.19. The fourth-order valence-electron chi connectivity index (χ4n) is 8.11. The third-order valence-electron chi connectivity index (χ3n) is 10.8. The number of benzene rings is 8. The molecule has 3 aromatic heterocycles. The molecule has 0 amide bonds. The lowest BCUT2D eigenvalue weighted by molar-refractivity contribution is 0.953. The number of para-hydroxylation sites is 2. The summed E-state index contributed by atoms with van der Waals surface area (Å²) < 4.78 is 4.59. The molecule has 0 aliphatic rings. The van der Waals surface area contributed by atoms with E-state index >= 15 is 0 Å². The zero-order chi connectivity index (χ0) is 37.0. The van der Waals surface area contributed by atoms with Crippen molar-refractivity contribution in [3.8, 4) is 56.7 Å². The van der Waals surface area contributed by atoms with Crippen LogP contribution in [0.2, 0.25) is 0 Å². The van der Waals surface area contributed by atoms with Crippen LogP contribution in [0.25, 0.3) is 100 Å². The highest BCUT2D eigenvalue weighted by atomic mass is 15.2. The van der Waals surface area contributed by atoms with Gasteiger partial charge in [0.1, 0.15) is 0 Å². The second kappa shape index (κ2) is 13.0. The van der Waals surface area contributed by atoms with E-state index in [9.17, 15) is 0 Å². The van der Waals surface area contributed by atoms with E-state index < -0.39 is 0 Å². The van der Waals surface area contributed by atoms with Gasteiger partial charge in [-0.2, -0.15) is 9.97 Å². The van der Waals surface area contributed by atoms with Crippen LogP contribution in [0, 0.1) is 0 Å². The molecule has 8 aromatic carbocycles. The van der Waals surface area contributed by atoms with E-state index in [2.05, 4.69) is 185 Å². The lowest BCUT2D eigenvalue weighted by Gasteiger charge is -2.12. The molecule has 0 radical (unpaired) electrons. The third kappa shape index (κ3) is 5.29. The van der Waals surface area contributed by atoms with Crippen LogP contribution in [0.3, 0.4) is 0 Å². The fourth-order valence-corrected chi connectivity index (χ4v) is 8.11. The molecule has 0 unspecified atom stereocenters. The topological polar surface area (TPSA) is 48.5 Å². The van der Waals surface area contributed by atoms with Gasteiger partial charge in [0, 0.05) is 38.4 Å². The summed E-state index contributed by atoms with van der Waals surface area (Å²) in [4.78, 5) is 15.5. The highest BCUT2D eigenvalue weighted by Crippen LogP contribution is 2.40. The molecule has 0 saturated carbocycles. The zero-order valence-corrected chi connectivity index (χ0v) is 30.3. The van der Waals surface area contributed by atoms with Gasteiger partial charge < -0.3 is 4.57 Å². The first-order chi connectivity index (χ1) is 27.8. The predicted molar refractivity (Wildman–Crippen MR) is 230 cm³/mol. The first-order valence-corrected chi connectivity index (χ1v) is 18.9. The van der Waals surface area contributed by atoms with E-state index in [1.807, 2.05) is 24.3 Å². The summed E-state index contributed by atoms with van der Waals surface area (Å²) in [5, 5.41) is 4.69. The maximum absolute atomic E-state index is 5.25. The summed E-state index contributed by atoms with van der Waals surface area (Å²) >= 11 is 0. The molecule has 5 heteroatoms. The minimum Gasteiger partial charge on any atom is -0.309 e. The zero-order valence-electron chi connectivity index (χ0n) is 30.3. The Morgan fingerprint density at radius 1 is 0.268 bits per heavy atom. The standard InChI is InChI=1S/C51H33N5/c1-4-14-34(15-5-1)36-24-26-39(27-25-36)50-52-49(38-18-8-3-9-19-38)53-51(54-50)56-46-23-13-11-21-42(46)44-32-43-41-20-10-12-22-45(41)55(47(43)33-48(44)56)40-30-28-37(29-31-40)35-16-6-2-7-17-35/h1-33H. The van der Waals surface area contributed by atoms with Crippen LogP contribution in [-0.2, 0) is 0 Å². The van der Waals surface area contributed by atoms with Gasteiger partial charge in [-0.25, -0.2) is 4.98 Å². The maximum Gasteiger partial charge on any atom is 0.238 e. The normalized spacial score (nSPS) is 11.6. The highest BCUT2D eigenvalue weighted by Gasteiger charge is 2.21. The average molecular weight is 716 g/mol. The Kier molecular flexibility index (Phi) is 7.42. The molecule has 0 fully saturated rings. The van der Waals surface area contributed by atoms with Gasteiger partial charge in [0.05, 0.1) is 22.1 Å². The van der Waals surface area contributed by atoms with Crippen LogP contribution >= 0.6 is 0 Å². The van der Waals surface area contributed by atoms with Crippen molar-refractivity contribution in [1.82, 2.24) is 24.1 Å². The molecule has 11 aromatic rings. The van der Waals surface area contributed by atoms with Gasteiger partial charge in [0.25, 0.3) is 0 Å². The van der Waals surface area contributed by atoms with E-state index in [-0.39, 0.29) is 0 Å². The summed E-state index contributed by atoms with van der Waals surface area (Å²) in [6.45, 7) is 0. The summed E-state index contributed by atoms with van der Waals surface area (Å²) in [5.41, 5.74) is 12.0. The Morgan fingerprint density at radius 2 is 0.661 bits per heavy atom. The molecule has 262 valence electrons. The number of aromatic nitrogens is 5. The molecular weight excluding hydrogens is 683 g/mol. The molecule has 3 heterocycles. The van der Waals surface area contributed by atoms with E-state index in [4.69, 9.17) is 15.0 Å². The monoisotopic (exact) mass is 715 g/mol. The smallest absolute Gasteiger partial charge is 0.238 e. The summed E-state index contributed by atoms with van der Waals surface area (Å²) in [6, 6.07) is 70.4. The first-order valence-electron chi connectivity index (χ1n) is 18.9. The predicted octanol–water partition coefficient (Wildman–Crippen LogP) is 12.7. The van der Waals surface area contributed by atoms with Gasteiger partial charge in [0.2, 0.25) is 5.95 Å². The lowest BCUT2D eigenvalue weighted by atomic mass is 10.0. The average Bonchev–Trinajstić information content (AvgIpc) is 3.78. The van der Waals surface area contributed by atoms with Crippen LogP contribution in [0.4, 0.5) is 0 Å². The van der Waals surface area contributed by atoms with Crippen molar-refractivity contribution >= 4 is 43.6 Å². The number of rotatable bonds is 6.